The Labute approximate surface area is 65.2 Å². The summed E-state index contributed by atoms with van der Waals surface area (Å²) in [5, 5.41) is 3.86. The second-order valence-electron chi connectivity index (χ2n) is 2.92. The molecule has 1 heterocycles. The van der Waals surface area contributed by atoms with Crippen molar-refractivity contribution >= 4 is 0 Å². The van der Waals surface area contributed by atoms with Gasteiger partial charge in [0.15, 0.2) is 12.0 Å². The monoisotopic (exact) mass is 157 g/mol. The fourth-order valence-electron chi connectivity index (χ4n) is 0.780. The molecular formula is C7H12FN3. The average Bonchev–Trinajstić information content (AvgIpc) is 2.34. The van der Waals surface area contributed by atoms with E-state index in [1.165, 1.54) is 11.0 Å². The van der Waals surface area contributed by atoms with Gasteiger partial charge in [0.25, 0.3) is 0 Å². The van der Waals surface area contributed by atoms with Gasteiger partial charge in [-0.15, -0.1) is 0 Å². The fourth-order valence-corrected chi connectivity index (χ4v) is 0.780. The van der Waals surface area contributed by atoms with Gasteiger partial charge in [0.1, 0.15) is 6.33 Å². The minimum absolute atomic E-state index is 0.0580. The van der Waals surface area contributed by atoms with E-state index in [1.54, 1.807) is 20.9 Å². The first-order valence-corrected chi connectivity index (χ1v) is 3.61. The van der Waals surface area contributed by atoms with Crippen LogP contribution in [0, 0.1) is 5.92 Å². The number of hydrogen-bond donors (Lipinski definition) is 0. The zero-order valence-corrected chi connectivity index (χ0v) is 6.95. The lowest BCUT2D eigenvalue weighted by atomic mass is 10.1. The molecule has 3 nitrogen and oxygen atoms in total. The van der Waals surface area contributed by atoms with Gasteiger partial charge >= 0.3 is 0 Å². The molecule has 4 heteroatoms. The zero-order valence-electron chi connectivity index (χ0n) is 6.95. The Morgan fingerprint density at radius 1 is 1.55 bits per heavy atom. The van der Waals surface area contributed by atoms with E-state index in [0.29, 0.717) is 0 Å². The van der Waals surface area contributed by atoms with Crippen LogP contribution in [-0.2, 0) is 7.05 Å². The molecule has 0 aliphatic carbocycles. The second-order valence-corrected chi connectivity index (χ2v) is 2.92. The highest BCUT2D eigenvalue weighted by Gasteiger charge is 2.17. The summed E-state index contributed by atoms with van der Waals surface area (Å²) in [6, 6.07) is 0. The highest BCUT2D eigenvalue weighted by molar-refractivity contribution is 4.88. The van der Waals surface area contributed by atoms with E-state index < -0.39 is 6.17 Å². The summed E-state index contributed by atoms with van der Waals surface area (Å²) in [6.07, 6.45) is 0.459. The van der Waals surface area contributed by atoms with Crippen molar-refractivity contribution in [2.75, 3.05) is 0 Å². The predicted molar refractivity (Wildman–Crippen MR) is 39.7 cm³/mol. The number of nitrogens with zero attached hydrogens (tertiary/aromatic N) is 3. The highest BCUT2D eigenvalue weighted by atomic mass is 19.1. The molecule has 1 aromatic rings. The average molecular weight is 157 g/mol. The van der Waals surface area contributed by atoms with Gasteiger partial charge < -0.3 is 0 Å². The molecule has 62 valence electrons. The summed E-state index contributed by atoms with van der Waals surface area (Å²) in [7, 11) is 1.73. The van der Waals surface area contributed by atoms with Gasteiger partial charge in [-0.3, -0.25) is 4.68 Å². The summed E-state index contributed by atoms with van der Waals surface area (Å²) >= 11 is 0. The van der Waals surface area contributed by atoms with Crippen LogP contribution in [0.2, 0.25) is 0 Å². The Balaban J connectivity index is 2.76. The van der Waals surface area contributed by atoms with Crippen LogP contribution >= 0.6 is 0 Å². The lowest BCUT2D eigenvalue weighted by Crippen LogP contribution is -2.03. The molecule has 1 aromatic heterocycles. The van der Waals surface area contributed by atoms with Gasteiger partial charge in [0, 0.05) is 7.05 Å². The van der Waals surface area contributed by atoms with E-state index in [1.807, 2.05) is 0 Å². The number of aryl methyl sites for hydroxylation is 1. The molecule has 0 amide bonds. The molecule has 1 unspecified atom stereocenters. The molecule has 0 radical (unpaired) electrons. The number of rotatable bonds is 2. The first-order chi connectivity index (χ1) is 5.11. The van der Waals surface area contributed by atoms with E-state index in [-0.39, 0.29) is 11.7 Å². The van der Waals surface area contributed by atoms with Crippen LogP contribution in [0.3, 0.4) is 0 Å². The smallest absolute Gasteiger partial charge is 0.185 e. The SMILES string of the molecule is CC(C)C(F)c1ncn(C)n1. The lowest BCUT2D eigenvalue weighted by molar-refractivity contribution is 0.248. The van der Waals surface area contributed by atoms with Gasteiger partial charge in [-0.1, -0.05) is 13.8 Å². The lowest BCUT2D eigenvalue weighted by Gasteiger charge is -2.06. The van der Waals surface area contributed by atoms with Gasteiger partial charge in [0.05, 0.1) is 0 Å². The normalized spacial score (nSPS) is 13.9. The van der Waals surface area contributed by atoms with Crippen LogP contribution in [0.5, 0.6) is 0 Å². The van der Waals surface area contributed by atoms with E-state index in [2.05, 4.69) is 10.1 Å². The number of hydrogen-bond acceptors (Lipinski definition) is 2. The van der Waals surface area contributed by atoms with Crippen LogP contribution < -0.4 is 0 Å². The van der Waals surface area contributed by atoms with E-state index in [0.717, 1.165) is 0 Å². The Bertz CT molecular complexity index is 231. The quantitative estimate of drug-likeness (QED) is 0.651. The van der Waals surface area contributed by atoms with E-state index >= 15 is 0 Å². The van der Waals surface area contributed by atoms with Crippen molar-refractivity contribution < 1.29 is 4.39 Å². The van der Waals surface area contributed by atoms with Crippen LogP contribution in [0.4, 0.5) is 4.39 Å². The Hall–Kier alpha value is -0.930. The molecule has 0 bridgehead atoms. The number of alkyl halides is 1. The van der Waals surface area contributed by atoms with Crippen molar-refractivity contribution in [2.45, 2.75) is 20.0 Å². The maximum atomic E-state index is 13.1. The summed E-state index contributed by atoms with van der Waals surface area (Å²) in [6.45, 7) is 3.61. The Kier molecular flexibility index (Phi) is 2.22. The standard InChI is InChI=1S/C7H12FN3/c1-5(2)6(8)7-9-4-11(3)10-7/h4-6H,1-3H3. The molecule has 0 N–H and O–H groups in total. The Morgan fingerprint density at radius 2 is 2.18 bits per heavy atom. The first kappa shape index (κ1) is 8.17. The maximum Gasteiger partial charge on any atom is 0.185 e. The van der Waals surface area contributed by atoms with Crippen LogP contribution in [-0.4, -0.2) is 14.8 Å². The van der Waals surface area contributed by atoms with Crippen molar-refractivity contribution in [2.24, 2.45) is 13.0 Å². The third kappa shape index (κ3) is 1.76. The molecule has 0 saturated carbocycles. The van der Waals surface area contributed by atoms with Gasteiger partial charge in [0.2, 0.25) is 0 Å². The van der Waals surface area contributed by atoms with Crippen molar-refractivity contribution in [3.63, 3.8) is 0 Å². The second kappa shape index (κ2) is 2.98. The molecular weight excluding hydrogens is 145 g/mol. The topological polar surface area (TPSA) is 30.7 Å². The van der Waals surface area contributed by atoms with Crippen molar-refractivity contribution in [3.8, 4) is 0 Å². The summed E-state index contributed by atoms with van der Waals surface area (Å²) in [4.78, 5) is 3.81. The van der Waals surface area contributed by atoms with Crippen molar-refractivity contribution in [3.05, 3.63) is 12.2 Å². The van der Waals surface area contributed by atoms with E-state index in [4.69, 9.17) is 0 Å². The Morgan fingerprint density at radius 3 is 2.55 bits per heavy atom. The van der Waals surface area contributed by atoms with Crippen molar-refractivity contribution in [1.29, 1.82) is 0 Å². The fraction of sp³-hybridized carbons (Fsp3) is 0.714. The zero-order chi connectivity index (χ0) is 8.43. The van der Waals surface area contributed by atoms with Crippen LogP contribution in [0.15, 0.2) is 6.33 Å². The van der Waals surface area contributed by atoms with E-state index in [9.17, 15) is 4.39 Å². The molecule has 1 rings (SSSR count). The first-order valence-electron chi connectivity index (χ1n) is 3.61. The maximum absolute atomic E-state index is 13.1. The van der Waals surface area contributed by atoms with Crippen LogP contribution in [0.25, 0.3) is 0 Å². The van der Waals surface area contributed by atoms with Crippen LogP contribution in [0.1, 0.15) is 25.8 Å². The summed E-state index contributed by atoms with van der Waals surface area (Å²) in [5.41, 5.74) is 0. The molecule has 0 saturated heterocycles. The van der Waals surface area contributed by atoms with Gasteiger partial charge in [-0.25, -0.2) is 9.37 Å². The van der Waals surface area contributed by atoms with Gasteiger partial charge in [-0.05, 0) is 5.92 Å². The molecule has 0 fully saturated rings. The molecule has 0 spiro atoms. The minimum atomic E-state index is -1.05. The molecule has 0 aliphatic heterocycles. The van der Waals surface area contributed by atoms with Crippen molar-refractivity contribution in [1.82, 2.24) is 14.8 Å². The largest absolute Gasteiger partial charge is 0.256 e. The minimum Gasteiger partial charge on any atom is -0.256 e. The third-order valence-electron chi connectivity index (χ3n) is 1.45. The highest BCUT2D eigenvalue weighted by Crippen LogP contribution is 2.21. The third-order valence-corrected chi connectivity index (χ3v) is 1.45. The summed E-state index contributed by atoms with van der Waals surface area (Å²) in [5.74, 6) is 0.222. The molecule has 0 aromatic carbocycles. The van der Waals surface area contributed by atoms with Gasteiger partial charge in [-0.2, -0.15) is 5.10 Å². The summed E-state index contributed by atoms with van der Waals surface area (Å²) < 4.78 is 14.6. The predicted octanol–water partition coefficient (Wildman–Crippen LogP) is 1.48. The molecule has 0 aliphatic rings. The molecule has 1 atom stereocenters. The number of aromatic nitrogens is 3. The number of halogens is 1. The molecule has 11 heavy (non-hydrogen) atoms.